The lowest BCUT2D eigenvalue weighted by molar-refractivity contribution is -0.121. The predicted molar refractivity (Wildman–Crippen MR) is 99.2 cm³/mol. The topological polar surface area (TPSA) is 68.0 Å². The zero-order valence-electron chi connectivity index (χ0n) is 13.7. The molecule has 0 bridgehead atoms. The molecular weight excluding hydrogens is 322 g/mol. The lowest BCUT2D eigenvalue weighted by Crippen LogP contribution is -2.38. The number of nitrogens with zero attached hydrogens (tertiary/aromatic N) is 1. The first-order chi connectivity index (χ1) is 11.2. The van der Waals surface area contributed by atoms with Crippen LogP contribution in [0, 0.1) is 0 Å². The van der Waals surface area contributed by atoms with Crippen LogP contribution in [0.25, 0.3) is 0 Å². The van der Waals surface area contributed by atoms with Gasteiger partial charge < -0.3 is 11.1 Å². The van der Waals surface area contributed by atoms with Gasteiger partial charge in [0.05, 0.1) is 18.3 Å². The molecule has 3 N–H and O–H groups in total. The highest BCUT2D eigenvalue weighted by Crippen LogP contribution is 2.32. The molecule has 5 heteroatoms. The van der Waals surface area contributed by atoms with E-state index in [1.807, 2.05) is 0 Å². The van der Waals surface area contributed by atoms with Gasteiger partial charge in [-0.2, -0.15) is 0 Å². The fraction of sp³-hybridized carbons (Fsp3) is 0.368. The smallest absolute Gasteiger partial charge is 0.226 e. The molecule has 0 saturated heterocycles. The average Bonchev–Trinajstić information content (AvgIpc) is 2.58. The second kappa shape index (κ2) is 8.69. The number of benzene rings is 1. The van der Waals surface area contributed by atoms with E-state index in [0.29, 0.717) is 18.0 Å². The lowest BCUT2D eigenvalue weighted by Gasteiger charge is -2.29. The van der Waals surface area contributed by atoms with Crippen LogP contribution < -0.4 is 11.1 Å². The second-order valence-electron chi connectivity index (χ2n) is 6.29. The first-order valence-electron chi connectivity index (χ1n) is 8.25. The number of carbonyl (C=O) groups is 1. The monoisotopic (exact) mass is 345 g/mol. The van der Waals surface area contributed by atoms with Gasteiger partial charge in [0.2, 0.25) is 5.91 Å². The lowest BCUT2D eigenvalue weighted by atomic mass is 9.82. The first-order valence-corrected chi connectivity index (χ1v) is 8.25. The Hall–Kier alpha value is -2.07. The number of amides is 1. The van der Waals surface area contributed by atoms with E-state index in [1.165, 1.54) is 5.56 Å². The van der Waals surface area contributed by atoms with Crippen LogP contribution in [0.15, 0.2) is 48.7 Å². The molecule has 24 heavy (non-hydrogen) atoms. The summed E-state index contributed by atoms with van der Waals surface area (Å²) < 4.78 is 0. The third-order valence-corrected chi connectivity index (χ3v) is 4.55. The Morgan fingerprint density at radius 2 is 1.79 bits per heavy atom. The molecule has 1 heterocycles. The summed E-state index contributed by atoms with van der Waals surface area (Å²) in [5.74, 6) is 0.675. The van der Waals surface area contributed by atoms with Crippen LogP contribution in [0.4, 0.5) is 5.69 Å². The maximum atomic E-state index is 12.1. The van der Waals surface area contributed by atoms with E-state index in [2.05, 4.69) is 40.6 Å². The van der Waals surface area contributed by atoms with Crippen LogP contribution in [0.3, 0.4) is 0 Å². The fourth-order valence-electron chi connectivity index (χ4n) is 3.28. The summed E-state index contributed by atoms with van der Waals surface area (Å²) in [6, 6.07) is 14.5. The van der Waals surface area contributed by atoms with Crippen molar-refractivity contribution < 1.29 is 4.79 Å². The van der Waals surface area contributed by atoms with Gasteiger partial charge in [-0.25, -0.2) is 0 Å². The fourth-order valence-corrected chi connectivity index (χ4v) is 3.28. The number of nitrogens with one attached hydrogen (secondary N) is 1. The number of pyridine rings is 1. The number of anilines is 1. The van der Waals surface area contributed by atoms with Crippen molar-refractivity contribution in [3.05, 3.63) is 59.9 Å². The Bertz CT molecular complexity index is 637. The number of hydrogen-bond acceptors (Lipinski definition) is 3. The van der Waals surface area contributed by atoms with Crippen molar-refractivity contribution in [2.45, 2.75) is 44.1 Å². The van der Waals surface area contributed by atoms with Crippen LogP contribution in [0.2, 0.25) is 0 Å². The molecular formula is C19H24ClN3O. The number of hydrogen-bond donors (Lipinski definition) is 2. The molecule has 1 aliphatic carbocycles. The summed E-state index contributed by atoms with van der Waals surface area (Å²) in [4.78, 5) is 16.3. The molecule has 0 aliphatic heterocycles. The summed E-state index contributed by atoms with van der Waals surface area (Å²) >= 11 is 0. The van der Waals surface area contributed by atoms with Gasteiger partial charge in [-0.1, -0.05) is 30.3 Å². The van der Waals surface area contributed by atoms with Crippen LogP contribution in [0.5, 0.6) is 0 Å². The van der Waals surface area contributed by atoms with Gasteiger partial charge in [0.15, 0.2) is 0 Å². The van der Waals surface area contributed by atoms with Crippen LogP contribution >= 0.6 is 12.4 Å². The van der Waals surface area contributed by atoms with Crippen LogP contribution in [-0.4, -0.2) is 16.9 Å². The number of halogens is 1. The molecule has 1 aliphatic rings. The summed E-state index contributed by atoms with van der Waals surface area (Å²) in [5, 5.41) is 3.14. The number of carbonyl (C=O) groups excluding carboxylic acids is 1. The molecule has 1 aromatic carbocycles. The Morgan fingerprint density at radius 3 is 2.42 bits per heavy atom. The van der Waals surface area contributed by atoms with E-state index in [1.54, 1.807) is 18.3 Å². The van der Waals surface area contributed by atoms with Crippen LogP contribution in [-0.2, 0) is 11.2 Å². The molecule has 1 amide bonds. The minimum atomic E-state index is 0. The Kier molecular flexibility index (Phi) is 6.62. The highest BCUT2D eigenvalue weighted by Gasteiger charge is 2.23. The average molecular weight is 346 g/mol. The van der Waals surface area contributed by atoms with Gasteiger partial charge in [-0.3, -0.25) is 9.78 Å². The summed E-state index contributed by atoms with van der Waals surface area (Å²) in [7, 11) is 0. The van der Waals surface area contributed by atoms with E-state index in [0.717, 1.165) is 31.4 Å². The molecule has 1 aromatic heterocycles. The van der Waals surface area contributed by atoms with Crippen molar-refractivity contribution >= 4 is 24.0 Å². The summed E-state index contributed by atoms with van der Waals surface area (Å²) in [6.07, 6.45) is 6.26. The zero-order valence-corrected chi connectivity index (χ0v) is 14.5. The molecule has 1 fully saturated rings. The SMILES string of the molecule is Cl.Nc1ccc(CC(=O)NC2CCC(c3ccccc3)CC2)nc1. The standard InChI is InChI=1S/C19H23N3O.ClH/c20-16-8-11-18(21-13-16)12-19(23)22-17-9-6-15(7-10-17)14-4-2-1-3-5-14;/h1-5,8,11,13,15,17H,6-7,9-10,12,20H2,(H,22,23);1H. The molecule has 0 spiro atoms. The second-order valence-corrected chi connectivity index (χ2v) is 6.29. The molecule has 128 valence electrons. The van der Waals surface area contributed by atoms with Gasteiger partial charge in [-0.15, -0.1) is 12.4 Å². The van der Waals surface area contributed by atoms with E-state index < -0.39 is 0 Å². The quantitative estimate of drug-likeness (QED) is 0.891. The minimum absolute atomic E-state index is 0. The molecule has 0 radical (unpaired) electrons. The summed E-state index contributed by atoms with van der Waals surface area (Å²) in [5.41, 5.74) is 8.40. The molecule has 3 rings (SSSR count). The number of aromatic nitrogens is 1. The highest BCUT2D eigenvalue weighted by atomic mass is 35.5. The molecule has 1 saturated carbocycles. The predicted octanol–water partition coefficient (Wildman–Crippen LogP) is 3.47. The van der Waals surface area contributed by atoms with Gasteiger partial charge in [-0.05, 0) is 49.3 Å². The van der Waals surface area contributed by atoms with Gasteiger partial charge in [0.25, 0.3) is 0 Å². The first kappa shape index (κ1) is 18.3. The van der Waals surface area contributed by atoms with Crippen molar-refractivity contribution in [1.29, 1.82) is 0 Å². The highest BCUT2D eigenvalue weighted by molar-refractivity contribution is 5.85. The molecule has 2 aromatic rings. The van der Waals surface area contributed by atoms with E-state index in [9.17, 15) is 4.79 Å². The Labute approximate surface area is 149 Å². The number of nitrogens with two attached hydrogens (primary N) is 1. The van der Waals surface area contributed by atoms with Gasteiger partial charge >= 0.3 is 0 Å². The van der Waals surface area contributed by atoms with Crippen molar-refractivity contribution in [3.8, 4) is 0 Å². The van der Waals surface area contributed by atoms with Crippen LogP contribution in [0.1, 0.15) is 42.9 Å². The van der Waals surface area contributed by atoms with Crippen molar-refractivity contribution in [2.24, 2.45) is 0 Å². The normalized spacial score (nSPS) is 20.0. The largest absolute Gasteiger partial charge is 0.397 e. The number of rotatable bonds is 4. The van der Waals surface area contributed by atoms with Crippen molar-refractivity contribution in [2.75, 3.05) is 5.73 Å². The zero-order chi connectivity index (χ0) is 16.1. The third kappa shape index (κ3) is 4.96. The molecule has 4 nitrogen and oxygen atoms in total. The molecule has 0 atom stereocenters. The van der Waals surface area contributed by atoms with Gasteiger partial charge in [0.1, 0.15) is 0 Å². The van der Waals surface area contributed by atoms with Crippen molar-refractivity contribution in [3.63, 3.8) is 0 Å². The van der Waals surface area contributed by atoms with Crippen molar-refractivity contribution in [1.82, 2.24) is 10.3 Å². The number of nitrogen functional groups attached to an aromatic ring is 1. The Balaban J connectivity index is 0.00000208. The van der Waals surface area contributed by atoms with E-state index >= 15 is 0 Å². The third-order valence-electron chi connectivity index (χ3n) is 4.55. The maximum absolute atomic E-state index is 12.1. The van der Waals surface area contributed by atoms with Gasteiger partial charge in [0, 0.05) is 11.7 Å². The molecule has 0 unspecified atom stereocenters. The maximum Gasteiger partial charge on any atom is 0.226 e. The Morgan fingerprint density at radius 1 is 1.08 bits per heavy atom. The minimum Gasteiger partial charge on any atom is -0.397 e. The van der Waals surface area contributed by atoms with E-state index in [-0.39, 0.29) is 24.4 Å². The van der Waals surface area contributed by atoms with E-state index in [4.69, 9.17) is 5.73 Å². The summed E-state index contributed by atoms with van der Waals surface area (Å²) in [6.45, 7) is 0.